The summed E-state index contributed by atoms with van der Waals surface area (Å²) in [5.41, 5.74) is 1.00. The van der Waals surface area contributed by atoms with E-state index in [0.29, 0.717) is 23.8 Å². The van der Waals surface area contributed by atoms with Gasteiger partial charge in [-0.15, -0.1) is 23.1 Å². The molecule has 0 radical (unpaired) electrons. The van der Waals surface area contributed by atoms with E-state index in [0.717, 1.165) is 10.7 Å². The van der Waals surface area contributed by atoms with Gasteiger partial charge in [-0.25, -0.2) is 13.4 Å². The van der Waals surface area contributed by atoms with Gasteiger partial charge in [0.1, 0.15) is 0 Å². The number of hydrogen-bond acceptors (Lipinski definition) is 6. The van der Waals surface area contributed by atoms with Crippen LogP contribution in [0.4, 0.5) is 0 Å². The molecular formula is C13H20N2O3S3. The molecule has 0 saturated carbocycles. The van der Waals surface area contributed by atoms with Crippen molar-refractivity contribution >= 4 is 38.8 Å². The zero-order valence-electron chi connectivity index (χ0n) is 12.2. The Kier molecular flexibility index (Phi) is 5.67. The molecule has 8 heteroatoms. The first-order chi connectivity index (χ1) is 9.85. The standard InChI is InChI=1S/C13H20N2O3S3/c1-9(2)13-15-11(6-20-13)5-19-7-12(16)14-10-3-4-21(17,18)8-10/h6,9-10H,3-5,7-8H2,1-2H3,(H,14,16)/t10-/m1/s1. The average molecular weight is 349 g/mol. The van der Waals surface area contributed by atoms with E-state index in [-0.39, 0.29) is 23.5 Å². The molecule has 1 aliphatic rings. The zero-order valence-corrected chi connectivity index (χ0v) is 14.6. The second-order valence-electron chi connectivity index (χ2n) is 5.49. The summed E-state index contributed by atoms with van der Waals surface area (Å²) in [4.78, 5) is 16.3. The lowest BCUT2D eigenvalue weighted by Crippen LogP contribution is -2.36. The highest BCUT2D eigenvalue weighted by Gasteiger charge is 2.28. The second-order valence-corrected chi connectivity index (χ2v) is 9.60. The lowest BCUT2D eigenvalue weighted by molar-refractivity contribution is -0.119. The van der Waals surface area contributed by atoms with Gasteiger partial charge in [0, 0.05) is 23.1 Å². The number of nitrogens with one attached hydrogen (secondary N) is 1. The van der Waals surface area contributed by atoms with Crippen molar-refractivity contribution in [2.45, 2.75) is 38.0 Å². The minimum atomic E-state index is -2.94. The maximum absolute atomic E-state index is 11.8. The lowest BCUT2D eigenvalue weighted by Gasteiger charge is -2.10. The molecule has 0 aromatic carbocycles. The van der Waals surface area contributed by atoms with Crippen LogP contribution in [0, 0.1) is 0 Å². The van der Waals surface area contributed by atoms with Gasteiger partial charge < -0.3 is 5.32 Å². The zero-order chi connectivity index (χ0) is 15.5. The van der Waals surface area contributed by atoms with Crippen molar-refractivity contribution in [3.05, 3.63) is 16.1 Å². The number of carbonyl (C=O) groups excluding carboxylic acids is 1. The Morgan fingerprint density at radius 2 is 2.33 bits per heavy atom. The van der Waals surface area contributed by atoms with Gasteiger partial charge >= 0.3 is 0 Å². The average Bonchev–Trinajstić information content (AvgIpc) is 2.96. The quantitative estimate of drug-likeness (QED) is 0.848. The number of carbonyl (C=O) groups is 1. The fraction of sp³-hybridized carbons (Fsp3) is 0.692. The number of nitrogens with zero attached hydrogens (tertiary/aromatic N) is 1. The van der Waals surface area contributed by atoms with E-state index in [1.807, 2.05) is 5.38 Å². The monoisotopic (exact) mass is 348 g/mol. The van der Waals surface area contributed by atoms with Crippen LogP contribution < -0.4 is 5.32 Å². The molecule has 1 atom stereocenters. The van der Waals surface area contributed by atoms with Crippen molar-refractivity contribution < 1.29 is 13.2 Å². The minimum absolute atomic E-state index is 0.0766. The molecular weight excluding hydrogens is 328 g/mol. The summed E-state index contributed by atoms with van der Waals surface area (Å²) >= 11 is 3.16. The van der Waals surface area contributed by atoms with Crippen molar-refractivity contribution in [3.8, 4) is 0 Å². The summed E-state index contributed by atoms with van der Waals surface area (Å²) in [7, 11) is -2.94. The Morgan fingerprint density at radius 3 is 2.90 bits per heavy atom. The molecule has 0 spiro atoms. The summed E-state index contributed by atoms with van der Waals surface area (Å²) in [6, 6.07) is -0.213. The molecule has 0 unspecified atom stereocenters. The van der Waals surface area contributed by atoms with E-state index in [2.05, 4.69) is 24.1 Å². The number of sulfone groups is 1. The number of rotatable bonds is 6. The predicted molar refractivity (Wildman–Crippen MR) is 87.6 cm³/mol. The molecule has 1 aromatic heterocycles. The largest absolute Gasteiger partial charge is 0.352 e. The van der Waals surface area contributed by atoms with Gasteiger partial charge in [0.05, 0.1) is 28.0 Å². The first-order valence-corrected chi connectivity index (χ1v) is 10.7. The lowest BCUT2D eigenvalue weighted by atomic mass is 10.2. The summed E-state index contributed by atoms with van der Waals surface area (Å²) < 4.78 is 22.6. The Balaban J connectivity index is 1.69. The van der Waals surface area contributed by atoms with Crippen LogP contribution >= 0.6 is 23.1 Å². The van der Waals surface area contributed by atoms with Crippen LogP contribution in [0.15, 0.2) is 5.38 Å². The molecule has 21 heavy (non-hydrogen) atoms. The molecule has 2 heterocycles. The van der Waals surface area contributed by atoms with Crippen molar-refractivity contribution in [2.75, 3.05) is 17.3 Å². The van der Waals surface area contributed by atoms with Gasteiger partial charge in [-0.05, 0) is 6.42 Å². The SMILES string of the molecule is CC(C)c1nc(CSCC(=O)N[C@@H]2CCS(=O)(=O)C2)cs1. The van der Waals surface area contributed by atoms with Crippen LogP contribution in [-0.4, -0.2) is 42.6 Å². The maximum Gasteiger partial charge on any atom is 0.230 e. The Morgan fingerprint density at radius 1 is 1.57 bits per heavy atom. The fourth-order valence-electron chi connectivity index (χ4n) is 2.08. The van der Waals surface area contributed by atoms with Crippen LogP contribution in [0.25, 0.3) is 0 Å². The van der Waals surface area contributed by atoms with Crippen LogP contribution in [0.1, 0.15) is 36.9 Å². The van der Waals surface area contributed by atoms with Gasteiger partial charge in [0.15, 0.2) is 9.84 Å². The number of thiazole rings is 1. The highest BCUT2D eigenvalue weighted by atomic mass is 32.2. The summed E-state index contributed by atoms with van der Waals surface area (Å²) in [5.74, 6) is 1.64. The Labute approximate surface area is 133 Å². The van der Waals surface area contributed by atoms with Gasteiger partial charge in [-0.1, -0.05) is 13.8 Å². The third kappa shape index (κ3) is 5.27. The molecule has 1 aromatic rings. The molecule has 1 amide bonds. The van der Waals surface area contributed by atoms with Gasteiger partial charge in [-0.2, -0.15) is 0 Å². The maximum atomic E-state index is 11.8. The van der Waals surface area contributed by atoms with Crippen LogP contribution in [0.5, 0.6) is 0 Å². The van der Waals surface area contributed by atoms with E-state index >= 15 is 0 Å². The fourth-order valence-corrected chi connectivity index (χ4v) is 5.42. The molecule has 2 rings (SSSR count). The third-order valence-electron chi connectivity index (χ3n) is 3.14. The van der Waals surface area contributed by atoms with Crippen LogP contribution in [-0.2, 0) is 20.4 Å². The van der Waals surface area contributed by atoms with Gasteiger partial charge in [0.2, 0.25) is 5.91 Å². The number of hydrogen-bond donors (Lipinski definition) is 1. The molecule has 1 fully saturated rings. The van der Waals surface area contributed by atoms with Crippen molar-refractivity contribution in [2.24, 2.45) is 0 Å². The van der Waals surface area contributed by atoms with Gasteiger partial charge in [0.25, 0.3) is 0 Å². The van der Waals surface area contributed by atoms with E-state index in [9.17, 15) is 13.2 Å². The van der Waals surface area contributed by atoms with E-state index in [1.165, 1.54) is 11.8 Å². The topological polar surface area (TPSA) is 76.1 Å². The summed E-state index contributed by atoms with van der Waals surface area (Å²) in [5, 5.41) is 5.94. The van der Waals surface area contributed by atoms with Crippen LogP contribution in [0.3, 0.4) is 0 Å². The first-order valence-electron chi connectivity index (χ1n) is 6.87. The van der Waals surface area contributed by atoms with Crippen molar-refractivity contribution in [1.29, 1.82) is 0 Å². The van der Waals surface area contributed by atoms with Crippen LogP contribution in [0.2, 0.25) is 0 Å². The van der Waals surface area contributed by atoms with E-state index in [1.54, 1.807) is 11.3 Å². The Hall–Kier alpha value is -0.600. The molecule has 118 valence electrons. The van der Waals surface area contributed by atoms with Crippen molar-refractivity contribution in [3.63, 3.8) is 0 Å². The number of thioether (sulfide) groups is 1. The molecule has 1 saturated heterocycles. The van der Waals surface area contributed by atoms with Crippen molar-refractivity contribution in [1.82, 2.24) is 10.3 Å². The highest BCUT2D eigenvalue weighted by Crippen LogP contribution is 2.21. The highest BCUT2D eigenvalue weighted by molar-refractivity contribution is 7.99. The van der Waals surface area contributed by atoms with E-state index in [4.69, 9.17) is 0 Å². The molecule has 0 aliphatic carbocycles. The first kappa shape index (κ1) is 16.8. The molecule has 0 bridgehead atoms. The van der Waals surface area contributed by atoms with Gasteiger partial charge in [-0.3, -0.25) is 4.79 Å². The van der Waals surface area contributed by atoms with E-state index < -0.39 is 9.84 Å². The second kappa shape index (κ2) is 7.11. The molecule has 5 nitrogen and oxygen atoms in total. The summed E-state index contributed by atoms with van der Waals surface area (Å²) in [6.45, 7) is 4.22. The smallest absolute Gasteiger partial charge is 0.230 e. The Bertz CT molecular complexity index is 596. The third-order valence-corrected chi connectivity index (χ3v) is 7.07. The molecule has 1 aliphatic heterocycles. The number of aromatic nitrogens is 1. The summed E-state index contributed by atoms with van der Waals surface area (Å²) in [6.07, 6.45) is 0.530. The minimum Gasteiger partial charge on any atom is -0.352 e. The predicted octanol–water partition coefficient (Wildman–Crippen LogP) is 1.80. The molecule has 1 N–H and O–H groups in total. The number of amides is 1. The normalized spacial score (nSPS) is 20.8.